The van der Waals surface area contributed by atoms with Crippen LogP contribution in [0.15, 0.2) is 0 Å². The zero-order valence-corrected chi connectivity index (χ0v) is 10.8. The van der Waals surface area contributed by atoms with Gasteiger partial charge in [0, 0.05) is 13.0 Å². The molecule has 8 heteroatoms. The molecule has 0 aromatic carbocycles. The average molecular weight is 291 g/mol. The van der Waals surface area contributed by atoms with Crippen molar-refractivity contribution in [2.45, 2.75) is 51.3 Å². The van der Waals surface area contributed by atoms with Gasteiger partial charge in [-0.25, -0.2) is 0 Å². The number of alkyl halides is 5. The van der Waals surface area contributed by atoms with Crippen LogP contribution in [0.5, 0.6) is 0 Å². The highest BCUT2D eigenvalue weighted by molar-refractivity contribution is 5.75. The van der Waals surface area contributed by atoms with Gasteiger partial charge in [-0.15, -0.1) is 0 Å². The molecule has 0 fully saturated rings. The Labute approximate surface area is 108 Å². The predicted molar refractivity (Wildman–Crippen MR) is 59.0 cm³/mol. The van der Waals surface area contributed by atoms with E-state index >= 15 is 0 Å². The van der Waals surface area contributed by atoms with E-state index in [1.807, 2.05) is 13.8 Å². The Morgan fingerprint density at radius 3 is 2.21 bits per heavy atom. The number of carbonyl (C=O) groups is 1. The molecule has 0 saturated carbocycles. The minimum atomic E-state index is -5.65. The molecule has 0 bridgehead atoms. The van der Waals surface area contributed by atoms with Crippen molar-refractivity contribution in [2.24, 2.45) is 0 Å². The van der Waals surface area contributed by atoms with Crippen molar-refractivity contribution < 1.29 is 31.5 Å². The molecule has 0 aliphatic heterocycles. The number of carbonyl (C=O) groups excluding carboxylic acids is 1. The van der Waals surface area contributed by atoms with Crippen LogP contribution in [0, 0.1) is 0 Å². The number of hydrogen-bond donors (Lipinski definition) is 1. The average Bonchev–Trinajstić information content (AvgIpc) is 2.24. The Bertz CT molecular complexity index is 279. The van der Waals surface area contributed by atoms with Gasteiger partial charge in [-0.05, 0) is 26.7 Å². The number of amides is 1. The van der Waals surface area contributed by atoms with Gasteiger partial charge in [0.25, 0.3) is 0 Å². The van der Waals surface area contributed by atoms with Crippen LogP contribution in [0.25, 0.3) is 0 Å². The molecule has 1 N–H and O–H groups in total. The minimum Gasteiger partial charge on any atom is -0.379 e. The van der Waals surface area contributed by atoms with E-state index in [0.29, 0.717) is 19.4 Å². The van der Waals surface area contributed by atoms with E-state index < -0.39 is 24.6 Å². The largest absolute Gasteiger partial charge is 0.455 e. The van der Waals surface area contributed by atoms with Crippen molar-refractivity contribution in [3.8, 4) is 0 Å². The van der Waals surface area contributed by atoms with Crippen LogP contribution in [-0.4, -0.2) is 37.3 Å². The number of unbranched alkanes of at least 4 members (excludes halogenated alkanes) is 1. The van der Waals surface area contributed by atoms with Crippen molar-refractivity contribution in [1.82, 2.24) is 5.32 Å². The fraction of sp³-hybridized carbons (Fsp3) is 0.909. The van der Waals surface area contributed by atoms with Crippen molar-refractivity contribution in [1.29, 1.82) is 0 Å². The number of nitrogens with one attached hydrogen (secondary N) is 1. The quantitative estimate of drug-likeness (QED) is 0.551. The topological polar surface area (TPSA) is 38.3 Å². The Balaban J connectivity index is 3.77. The van der Waals surface area contributed by atoms with Crippen molar-refractivity contribution in [3.63, 3.8) is 0 Å². The molecule has 0 aliphatic rings. The Hall–Kier alpha value is -0.920. The summed E-state index contributed by atoms with van der Waals surface area (Å²) in [6.07, 6.45) is -4.78. The third kappa shape index (κ3) is 7.97. The lowest BCUT2D eigenvalue weighted by Crippen LogP contribution is -2.46. The molecular formula is C11H18F5NO2. The van der Waals surface area contributed by atoms with Crippen LogP contribution in [0.4, 0.5) is 22.0 Å². The molecule has 0 heterocycles. The predicted octanol–water partition coefficient (Wildman–Crippen LogP) is 2.90. The molecule has 3 nitrogen and oxygen atoms in total. The first kappa shape index (κ1) is 18.1. The summed E-state index contributed by atoms with van der Waals surface area (Å²) in [6.45, 7) is 2.37. The van der Waals surface area contributed by atoms with Crippen molar-refractivity contribution >= 4 is 5.91 Å². The highest BCUT2D eigenvalue weighted by Crippen LogP contribution is 2.34. The lowest BCUT2D eigenvalue weighted by molar-refractivity contribution is -0.278. The van der Waals surface area contributed by atoms with Gasteiger partial charge in [-0.2, -0.15) is 22.0 Å². The summed E-state index contributed by atoms with van der Waals surface area (Å²) in [6, 6.07) is 0. The maximum atomic E-state index is 12.5. The van der Waals surface area contributed by atoms with E-state index in [0.717, 1.165) is 0 Å². The minimum absolute atomic E-state index is 0.0549. The summed E-state index contributed by atoms with van der Waals surface area (Å²) in [7, 11) is 0. The van der Waals surface area contributed by atoms with E-state index in [1.165, 1.54) is 0 Å². The lowest BCUT2D eigenvalue weighted by atomic mass is 10.2. The van der Waals surface area contributed by atoms with Crippen LogP contribution in [0.1, 0.15) is 33.1 Å². The van der Waals surface area contributed by atoms with Crippen LogP contribution >= 0.6 is 0 Å². The van der Waals surface area contributed by atoms with Gasteiger partial charge >= 0.3 is 12.1 Å². The Kier molecular flexibility index (Phi) is 7.25. The molecule has 1 amide bonds. The normalized spacial score (nSPS) is 12.8. The fourth-order valence-electron chi connectivity index (χ4n) is 1.10. The van der Waals surface area contributed by atoms with Gasteiger partial charge in [0.05, 0.1) is 12.6 Å². The third-order valence-corrected chi connectivity index (χ3v) is 2.17. The molecule has 0 atom stereocenters. The summed E-state index contributed by atoms with van der Waals surface area (Å²) in [5.41, 5.74) is 0. The molecule has 19 heavy (non-hydrogen) atoms. The Morgan fingerprint density at radius 1 is 1.16 bits per heavy atom. The molecule has 0 aromatic heterocycles. The van der Waals surface area contributed by atoms with Crippen LogP contribution in [0.3, 0.4) is 0 Å². The zero-order chi connectivity index (χ0) is 15.1. The maximum Gasteiger partial charge on any atom is 0.455 e. The molecular weight excluding hydrogens is 273 g/mol. The highest BCUT2D eigenvalue weighted by atomic mass is 19.4. The molecule has 0 spiro atoms. The van der Waals surface area contributed by atoms with E-state index in [9.17, 15) is 26.7 Å². The van der Waals surface area contributed by atoms with Gasteiger partial charge < -0.3 is 10.1 Å². The van der Waals surface area contributed by atoms with Gasteiger partial charge in [0.2, 0.25) is 5.91 Å². The molecule has 0 aliphatic carbocycles. The first-order chi connectivity index (χ1) is 8.56. The standard InChI is InChI=1S/C11H18F5NO2/c1-8(2)19-6-4-3-5-9(18)17-7-10(12,13)11(14,15)16/h8H,3-7H2,1-2H3,(H,17,18). The molecule has 114 valence electrons. The lowest BCUT2D eigenvalue weighted by Gasteiger charge is -2.19. The van der Waals surface area contributed by atoms with Crippen LogP contribution in [-0.2, 0) is 9.53 Å². The van der Waals surface area contributed by atoms with Gasteiger partial charge in [0.15, 0.2) is 0 Å². The summed E-state index contributed by atoms with van der Waals surface area (Å²) < 4.78 is 65.5. The Morgan fingerprint density at radius 2 is 1.74 bits per heavy atom. The second-order valence-corrected chi connectivity index (χ2v) is 4.36. The first-order valence-electron chi connectivity index (χ1n) is 5.89. The molecule has 0 aromatic rings. The fourth-order valence-corrected chi connectivity index (χ4v) is 1.10. The third-order valence-electron chi connectivity index (χ3n) is 2.17. The monoisotopic (exact) mass is 291 g/mol. The molecule has 0 saturated heterocycles. The molecule has 0 radical (unpaired) electrons. The van der Waals surface area contributed by atoms with Crippen LogP contribution in [0.2, 0.25) is 0 Å². The van der Waals surface area contributed by atoms with Gasteiger partial charge in [-0.3, -0.25) is 4.79 Å². The van der Waals surface area contributed by atoms with Crippen LogP contribution < -0.4 is 5.32 Å². The second kappa shape index (κ2) is 7.62. The van der Waals surface area contributed by atoms with E-state index in [2.05, 4.69) is 0 Å². The zero-order valence-electron chi connectivity index (χ0n) is 10.8. The number of ether oxygens (including phenoxy) is 1. The second-order valence-electron chi connectivity index (χ2n) is 4.36. The summed E-state index contributed by atoms with van der Waals surface area (Å²) >= 11 is 0. The van der Waals surface area contributed by atoms with Gasteiger partial charge in [0.1, 0.15) is 0 Å². The van der Waals surface area contributed by atoms with Crippen molar-refractivity contribution in [2.75, 3.05) is 13.2 Å². The summed E-state index contributed by atoms with van der Waals surface area (Å²) in [5, 5.41) is 1.58. The van der Waals surface area contributed by atoms with E-state index in [-0.39, 0.29) is 12.5 Å². The summed E-state index contributed by atoms with van der Waals surface area (Å²) in [5.74, 6) is -5.72. The number of hydrogen-bond acceptors (Lipinski definition) is 2. The van der Waals surface area contributed by atoms with E-state index in [1.54, 1.807) is 5.32 Å². The van der Waals surface area contributed by atoms with Crippen molar-refractivity contribution in [3.05, 3.63) is 0 Å². The smallest absolute Gasteiger partial charge is 0.379 e. The number of rotatable bonds is 8. The van der Waals surface area contributed by atoms with Gasteiger partial charge in [-0.1, -0.05) is 0 Å². The maximum absolute atomic E-state index is 12.5. The molecule has 0 rings (SSSR count). The highest BCUT2D eigenvalue weighted by Gasteiger charge is 2.57. The summed E-state index contributed by atoms with van der Waals surface area (Å²) in [4.78, 5) is 11.1. The molecule has 0 unspecified atom stereocenters. The van der Waals surface area contributed by atoms with E-state index in [4.69, 9.17) is 4.74 Å². The first-order valence-corrected chi connectivity index (χ1v) is 5.89. The SMILES string of the molecule is CC(C)OCCCCC(=O)NCC(F)(F)C(F)(F)F. The number of halogens is 5.